The van der Waals surface area contributed by atoms with Crippen molar-refractivity contribution in [3.8, 4) is 0 Å². The molecule has 0 amide bonds. The summed E-state index contributed by atoms with van der Waals surface area (Å²) in [6.45, 7) is 4.66. The molecule has 0 radical (unpaired) electrons. The molecule has 0 atom stereocenters. The van der Waals surface area contributed by atoms with E-state index in [4.69, 9.17) is 0 Å². The molecule has 1 heterocycles. The molecule has 3 rings (SSSR count). The Balaban J connectivity index is 2.36. The lowest BCUT2D eigenvalue weighted by molar-refractivity contribution is 0.123. The van der Waals surface area contributed by atoms with Crippen molar-refractivity contribution in [1.82, 2.24) is 4.90 Å². The van der Waals surface area contributed by atoms with Crippen LogP contribution in [0.3, 0.4) is 0 Å². The van der Waals surface area contributed by atoms with Crippen LogP contribution in [0.2, 0.25) is 0 Å². The SMILES string of the molecule is C=C1C(C)=CC(c2ccccc2)=C(c2c(F)cc(F)cc2F)N1CC(F)F. The van der Waals surface area contributed by atoms with Crippen molar-refractivity contribution in [2.75, 3.05) is 6.54 Å². The zero-order chi connectivity index (χ0) is 19.7. The van der Waals surface area contributed by atoms with Gasteiger partial charge in [0, 0.05) is 23.4 Å². The Labute approximate surface area is 153 Å². The van der Waals surface area contributed by atoms with E-state index in [1.165, 1.54) is 0 Å². The van der Waals surface area contributed by atoms with Crippen molar-refractivity contribution in [3.63, 3.8) is 0 Å². The normalized spacial score (nSPS) is 14.9. The number of nitrogens with zero attached hydrogens (tertiary/aromatic N) is 1. The lowest BCUT2D eigenvalue weighted by Gasteiger charge is -2.35. The van der Waals surface area contributed by atoms with E-state index in [0.717, 1.165) is 4.90 Å². The van der Waals surface area contributed by atoms with Crippen LogP contribution < -0.4 is 0 Å². The van der Waals surface area contributed by atoms with Crippen LogP contribution in [0.1, 0.15) is 18.1 Å². The number of hydrogen-bond acceptors (Lipinski definition) is 1. The molecular formula is C21H16F5N. The molecule has 0 bridgehead atoms. The average molecular weight is 377 g/mol. The number of hydrogen-bond donors (Lipinski definition) is 0. The topological polar surface area (TPSA) is 3.24 Å². The Kier molecular flexibility index (Phi) is 5.17. The van der Waals surface area contributed by atoms with Gasteiger partial charge in [0.15, 0.2) is 0 Å². The minimum atomic E-state index is -2.77. The zero-order valence-corrected chi connectivity index (χ0v) is 14.4. The van der Waals surface area contributed by atoms with Gasteiger partial charge in [-0.3, -0.25) is 0 Å². The predicted octanol–water partition coefficient (Wildman–Crippen LogP) is 6.01. The van der Waals surface area contributed by atoms with E-state index in [1.54, 1.807) is 43.3 Å². The van der Waals surface area contributed by atoms with Crippen LogP contribution in [0.4, 0.5) is 22.0 Å². The van der Waals surface area contributed by atoms with Crippen molar-refractivity contribution in [3.05, 3.63) is 95.0 Å². The molecule has 1 nitrogen and oxygen atoms in total. The molecule has 6 heteroatoms. The number of rotatable bonds is 4. The van der Waals surface area contributed by atoms with Crippen LogP contribution in [0.5, 0.6) is 0 Å². The molecule has 0 aromatic heterocycles. The molecule has 1 aliphatic heterocycles. The lowest BCUT2D eigenvalue weighted by Crippen LogP contribution is -2.30. The van der Waals surface area contributed by atoms with Gasteiger partial charge in [-0.2, -0.15) is 0 Å². The molecule has 0 saturated heterocycles. The van der Waals surface area contributed by atoms with Gasteiger partial charge in [-0.05, 0) is 24.1 Å². The Morgan fingerprint density at radius 2 is 1.59 bits per heavy atom. The fourth-order valence-electron chi connectivity index (χ4n) is 3.08. The summed E-state index contributed by atoms with van der Waals surface area (Å²) < 4.78 is 68.9. The summed E-state index contributed by atoms with van der Waals surface area (Å²) in [5.41, 5.74) is 1.05. The van der Waals surface area contributed by atoms with E-state index in [9.17, 15) is 22.0 Å². The molecule has 0 N–H and O–H groups in total. The monoisotopic (exact) mass is 377 g/mol. The molecular weight excluding hydrogens is 361 g/mol. The summed E-state index contributed by atoms with van der Waals surface area (Å²) in [4.78, 5) is 1.09. The van der Waals surface area contributed by atoms with Crippen LogP contribution in [-0.4, -0.2) is 17.9 Å². The smallest absolute Gasteiger partial charge is 0.256 e. The van der Waals surface area contributed by atoms with Crippen molar-refractivity contribution in [1.29, 1.82) is 0 Å². The molecule has 2 aromatic carbocycles. The van der Waals surface area contributed by atoms with Crippen LogP contribution in [0.15, 0.2) is 66.4 Å². The van der Waals surface area contributed by atoms with Crippen molar-refractivity contribution in [2.24, 2.45) is 0 Å². The molecule has 140 valence electrons. The van der Waals surface area contributed by atoms with Gasteiger partial charge in [0.1, 0.15) is 17.5 Å². The first-order valence-corrected chi connectivity index (χ1v) is 8.17. The predicted molar refractivity (Wildman–Crippen MR) is 95.2 cm³/mol. The molecule has 0 aliphatic carbocycles. The van der Waals surface area contributed by atoms with Crippen LogP contribution in [0, 0.1) is 17.5 Å². The maximum absolute atomic E-state index is 14.5. The van der Waals surface area contributed by atoms with Gasteiger partial charge in [0.05, 0.1) is 17.8 Å². The van der Waals surface area contributed by atoms with Gasteiger partial charge in [-0.15, -0.1) is 0 Å². The molecule has 27 heavy (non-hydrogen) atoms. The van der Waals surface area contributed by atoms with Crippen molar-refractivity contribution >= 4 is 11.3 Å². The third-order valence-corrected chi connectivity index (χ3v) is 4.32. The van der Waals surface area contributed by atoms with Gasteiger partial charge in [0.2, 0.25) is 0 Å². The molecule has 0 saturated carbocycles. The molecule has 2 aromatic rings. The highest BCUT2D eigenvalue weighted by Gasteiger charge is 2.30. The third kappa shape index (κ3) is 3.65. The fourth-order valence-corrected chi connectivity index (χ4v) is 3.08. The first-order chi connectivity index (χ1) is 12.8. The van der Waals surface area contributed by atoms with Crippen molar-refractivity contribution < 1.29 is 22.0 Å². The quantitative estimate of drug-likeness (QED) is 0.590. The van der Waals surface area contributed by atoms with Crippen molar-refractivity contribution in [2.45, 2.75) is 13.3 Å². The van der Waals surface area contributed by atoms with E-state index in [0.29, 0.717) is 28.8 Å². The number of benzene rings is 2. The van der Waals surface area contributed by atoms with Gasteiger partial charge < -0.3 is 4.90 Å². The first kappa shape index (κ1) is 18.9. The van der Waals surface area contributed by atoms with Crippen LogP contribution >= 0.6 is 0 Å². The van der Waals surface area contributed by atoms with Gasteiger partial charge in [0.25, 0.3) is 6.43 Å². The molecule has 1 aliphatic rings. The number of alkyl halides is 2. The first-order valence-electron chi connectivity index (χ1n) is 8.17. The molecule has 0 fully saturated rings. The second kappa shape index (κ2) is 7.39. The Morgan fingerprint density at radius 1 is 1.00 bits per heavy atom. The summed E-state index contributed by atoms with van der Waals surface area (Å²) in [6.07, 6.45) is -1.14. The van der Waals surface area contributed by atoms with E-state index < -0.39 is 36.0 Å². The van der Waals surface area contributed by atoms with Gasteiger partial charge in [-0.25, -0.2) is 22.0 Å². The summed E-state index contributed by atoms with van der Waals surface area (Å²) in [5, 5.41) is 0. The Morgan fingerprint density at radius 3 is 2.15 bits per heavy atom. The largest absolute Gasteiger partial charge is 0.335 e. The summed E-state index contributed by atoms with van der Waals surface area (Å²) in [6, 6.07) is 9.67. The minimum absolute atomic E-state index is 0.105. The average Bonchev–Trinajstić information content (AvgIpc) is 2.60. The maximum Gasteiger partial charge on any atom is 0.256 e. The van der Waals surface area contributed by atoms with E-state index in [1.807, 2.05) is 0 Å². The standard InChI is InChI=1S/C21H16F5N/c1-12-8-16(14-6-4-3-5-7-14)21(27(13(12)2)11-19(25)26)20-17(23)9-15(22)10-18(20)24/h3-10,19H,2,11H2,1H3. The highest BCUT2D eigenvalue weighted by atomic mass is 19.3. The third-order valence-electron chi connectivity index (χ3n) is 4.32. The van der Waals surface area contributed by atoms with Crippen LogP contribution in [-0.2, 0) is 0 Å². The zero-order valence-electron chi connectivity index (χ0n) is 14.4. The maximum atomic E-state index is 14.5. The summed E-state index contributed by atoms with van der Waals surface area (Å²) in [5.74, 6) is -3.43. The van der Waals surface area contributed by atoms with E-state index in [-0.39, 0.29) is 11.4 Å². The van der Waals surface area contributed by atoms with E-state index in [2.05, 4.69) is 6.58 Å². The number of allylic oxidation sites excluding steroid dienone is 3. The minimum Gasteiger partial charge on any atom is -0.335 e. The summed E-state index contributed by atoms with van der Waals surface area (Å²) in [7, 11) is 0. The Hall–Kier alpha value is -2.89. The molecule has 0 unspecified atom stereocenters. The highest BCUT2D eigenvalue weighted by Crippen LogP contribution is 2.41. The fraction of sp³-hybridized carbons (Fsp3) is 0.143. The second-order valence-corrected chi connectivity index (χ2v) is 6.15. The van der Waals surface area contributed by atoms with Crippen LogP contribution in [0.25, 0.3) is 11.3 Å². The van der Waals surface area contributed by atoms with Gasteiger partial charge in [-0.1, -0.05) is 36.9 Å². The second-order valence-electron chi connectivity index (χ2n) is 6.15. The summed E-state index contributed by atoms with van der Waals surface area (Å²) >= 11 is 0. The highest BCUT2D eigenvalue weighted by molar-refractivity contribution is 5.97. The van der Waals surface area contributed by atoms with E-state index >= 15 is 0 Å². The number of halogens is 5. The Bertz CT molecular complexity index is 921. The molecule has 0 spiro atoms. The van der Waals surface area contributed by atoms with Gasteiger partial charge >= 0.3 is 0 Å². The lowest BCUT2D eigenvalue weighted by atomic mass is 9.91.